The van der Waals surface area contributed by atoms with Gasteiger partial charge in [0.25, 0.3) is 0 Å². The molecule has 0 saturated carbocycles. The Morgan fingerprint density at radius 1 is 1.10 bits per heavy atom. The molecule has 0 amide bonds. The van der Waals surface area contributed by atoms with Gasteiger partial charge >= 0.3 is 0 Å². The summed E-state index contributed by atoms with van der Waals surface area (Å²) >= 11 is 0. The first-order valence-corrected chi connectivity index (χ1v) is 9.48. The minimum atomic E-state index is 0. The molecule has 0 unspecified atom stereocenters. The molecule has 0 aliphatic carbocycles. The Bertz CT molecular complexity index is 736. The first-order chi connectivity index (χ1) is 13.8. The Hall–Kier alpha value is -2.14. The fraction of sp³-hybridized carbons (Fsp3) is 0.450. The first kappa shape index (κ1) is 23.1. The summed E-state index contributed by atoms with van der Waals surface area (Å²) in [6.07, 6.45) is 3.66. The van der Waals surface area contributed by atoms with Gasteiger partial charge in [0.05, 0.1) is 6.61 Å². The van der Waals surface area contributed by atoms with Crippen molar-refractivity contribution in [3.05, 3.63) is 48.3 Å². The number of aliphatic imine (C=N–C) groups is 1. The van der Waals surface area contributed by atoms with Gasteiger partial charge < -0.3 is 24.6 Å². The zero-order valence-electron chi connectivity index (χ0n) is 17.0. The lowest BCUT2D eigenvalue weighted by atomic mass is 10.3. The van der Waals surface area contributed by atoms with Crippen molar-refractivity contribution in [3.8, 4) is 5.88 Å². The smallest absolute Gasteiger partial charge is 0.213 e. The van der Waals surface area contributed by atoms with Gasteiger partial charge in [0.2, 0.25) is 5.88 Å². The van der Waals surface area contributed by atoms with Gasteiger partial charge in [-0.15, -0.1) is 24.0 Å². The number of guanidine groups is 1. The number of hydrogen-bond acceptors (Lipinski definition) is 6. The van der Waals surface area contributed by atoms with Crippen LogP contribution in [-0.2, 0) is 11.3 Å². The maximum absolute atomic E-state index is 5.49. The number of rotatable bonds is 7. The minimum absolute atomic E-state index is 0. The van der Waals surface area contributed by atoms with E-state index in [-0.39, 0.29) is 24.0 Å². The summed E-state index contributed by atoms with van der Waals surface area (Å²) in [6.45, 7) is 5.37. The molecule has 2 aromatic rings. The normalized spacial score (nSPS) is 14.3. The zero-order chi connectivity index (χ0) is 19.6. The van der Waals surface area contributed by atoms with Crippen molar-refractivity contribution >= 4 is 35.8 Å². The lowest BCUT2D eigenvalue weighted by molar-refractivity contribution is 0.143. The molecular weight excluding hydrogens is 483 g/mol. The molecule has 2 aromatic heterocycles. The van der Waals surface area contributed by atoms with E-state index in [1.807, 2.05) is 43.7 Å². The van der Waals surface area contributed by atoms with Crippen LogP contribution < -0.4 is 15.0 Å². The fourth-order valence-electron chi connectivity index (χ4n) is 3.03. The number of ether oxygens (including phenoxy) is 2. The van der Waals surface area contributed by atoms with Gasteiger partial charge in [0.1, 0.15) is 12.4 Å². The number of piperazine rings is 1. The van der Waals surface area contributed by atoms with E-state index in [0.717, 1.165) is 43.5 Å². The molecule has 1 fully saturated rings. The van der Waals surface area contributed by atoms with E-state index in [4.69, 9.17) is 9.47 Å². The molecule has 9 heteroatoms. The predicted molar refractivity (Wildman–Crippen MR) is 125 cm³/mol. The van der Waals surface area contributed by atoms with Crippen molar-refractivity contribution in [2.75, 3.05) is 58.5 Å². The van der Waals surface area contributed by atoms with Crippen molar-refractivity contribution in [1.29, 1.82) is 0 Å². The topological polar surface area (TPSA) is 75.1 Å². The van der Waals surface area contributed by atoms with Crippen LogP contribution in [0, 0.1) is 0 Å². The van der Waals surface area contributed by atoms with Gasteiger partial charge in [0, 0.05) is 65.3 Å². The van der Waals surface area contributed by atoms with Crippen LogP contribution in [0.15, 0.2) is 47.7 Å². The van der Waals surface area contributed by atoms with E-state index in [9.17, 15) is 0 Å². The van der Waals surface area contributed by atoms with Crippen LogP contribution in [0.25, 0.3) is 0 Å². The molecule has 3 heterocycles. The van der Waals surface area contributed by atoms with Gasteiger partial charge in [-0.2, -0.15) is 0 Å². The molecule has 1 aliphatic rings. The summed E-state index contributed by atoms with van der Waals surface area (Å²) in [5, 5.41) is 3.42. The van der Waals surface area contributed by atoms with Gasteiger partial charge in [0.15, 0.2) is 5.96 Å². The van der Waals surface area contributed by atoms with Gasteiger partial charge in [-0.3, -0.25) is 4.99 Å². The Morgan fingerprint density at radius 3 is 2.55 bits per heavy atom. The molecule has 1 saturated heterocycles. The summed E-state index contributed by atoms with van der Waals surface area (Å²) in [5.74, 6) is 2.54. The summed E-state index contributed by atoms with van der Waals surface area (Å²) in [7, 11) is 3.47. The fourth-order valence-corrected chi connectivity index (χ4v) is 3.03. The van der Waals surface area contributed by atoms with E-state index in [1.54, 1.807) is 7.11 Å². The molecule has 0 bridgehead atoms. The summed E-state index contributed by atoms with van der Waals surface area (Å²) in [6, 6.07) is 9.91. The molecule has 8 nitrogen and oxygen atoms in total. The number of nitrogens with one attached hydrogen (secondary N) is 1. The highest BCUT2D eigenvalue weighted by atomic mass is 127. The molecular formula is C20H29IN6O2. The predicted octanol–water partition coefficient (Wildman–Crippen LogP) is 2.02. The summed E-state index contributed by atoms with van der Waals surface area (Å²) < 4.78 is 10.5. The number of hydrogen-bond donors (Lipinski definition) is 1. The van der Waals surface area contributed by atoms with E-state index >= 15 is 0 Å². The average molecular weight is 512 g/mol. The van der Waals surface area contributed by atoms with Crippen LogP contribution in [0.1, 0.15) is 5.56 Å². The zero-order valence-corrected chi connectivity index (χ0v) is 19.3. The Morgan fingerprint density at radius 2 is 1.93 bits per heavy atom. The van der Waals surface area contributed by atoms with Crippen LogP contribution >= 0.6 is 24.0 Å². The maximum atomic E-state index is 5.49. The van der Waals surface area contributed by atoms with Gasteiger partial charge in [-0.1, -0.05) is 12.1 Å². The minimum Gasteiger partial charge on any atom is -0.475 e. The maximum Gasteiger partial charge on any atom is 0.213 e. The molecule has 0 aromatic carbocycles. The molecule has 1 N–H and O–H groups in total. The highest BCUT2D eigenvalue weighted by Crippen LogP contribution is 2.13. The number of pyridine rings is 2. The van der Waals surface area contributed by atoms with Crippen LogP contribution in [0.4, 0.5) is 5.82 Å². The Balaban J connectivity index is 0.00000300. The van der Waals surface area contributed by atoms with E-state index in [0.29, 0.717) is 25.6 Å². The second-order valence-corrected chi connectivity index (χ2v) is 6.41. The van der Waals surface area contributed by atoms with Crippen LogP contribution in [0.3, 0.4) is 0 Å². The SMILES string of the molecule is CN=C(NCc1ccc(OCCOC)nc1)N1CCN(c2ccccn2)CC1.I. The van der Waals surface area contributed by atoms with Gasteiger partial charge in [-0.05, 0) is 17.7 Å². The number of methoxy groups -OCH3 is 1. The Labute approximate surface area is 189 Å². The van der Waals surface area contributed by atoms with Crippen molar-refractivity contribution in [2.24, 2.45) is 4.99 Å². The molecule has 0 radical (unpaired) electrons. The quantitative estimate of drug-likeness (QED) is 0.263. The number of halogens is 1. The molecule has 3 rings (SSSR count). The molecule has 158 valence electrons. The van der Waals surface area contributed by atoms with Crippen molar-refractivity contribution < 1.29 is 9.47 Å². The van der Waals surface area contributed by atoms with Crippen LogP contribution in [-0.4, -0.2) is 74.4 Å². The third-order valence-corrected chi connectivity index (χ3v) is 4.55. The van der Waals surface area contributed by atoms with Crippen molar-refractivity contribution in [2.45, 2.75) is 6.54 Å². The third-order valence-electron chi connectivity index (χ3n) is 4.55. The number of aromatic nitrogens is 2. The van der Waals surface area contributed by atoms with E-state index in [1.165, 1.54) is 0 Å². The average Bonchev–Trinajstić information content (AvgIpc) is 2.76. The molecule has 1 aliphatic heterocycles. The Kier molecular flexibility index (Phi) is 9.92. The van der Waals surface area contributed by atoms with Gasteiger partial charge in [-0.25, -0.2) is 9.97 Å². The summed E-state index contributed by atoms with van der Waals surface area (Å²) in [4.78, 5) is 17.8. The summed E-state index contributed by atoms with van der Waals surface area (Å²) in [5.41, 5.74) is 1.08. The van der Waals surface area contributed by atoms with Crippen LogP contribution in [0.2, 0.25) is 0 Å². The van der Waals surface area contributed by atoms with E-state index in [2.05, 4.69) is 36.1 Å². The lowest BCUT2D eigenvalue weighted by Gasteiger charge is -2.37. The van der Waals surface area contributed by atoms with Crippen molar-refractivity contribution in [3.63, 3.8) is 0 Å². The molecule has 0 atom stereocenters. The molecule has 0 spiro atoms. The third kappa shape index (κ3) is 7.00. The second-order valence-electron chi connectivity index (χ2n) is 6.41. The number of nitrogens with zero attached hydrogens (tertiary/aromatic N) is 5. The molecule has 29 heavy (non-hydrogen) atoms. The second kappa shape index (κ2) is 12.4. The highest BCUT2D eigenvalue weighted by Gasteiger charge is 2.20. The van der Waals surface area contributed by atoms with Crippen LogP contribution in [0.5, 0.6) is 5.88 Å². The standard InChI is InChI=1S/C20H28N6O2.HI/c1-21-20(24-16-17-6-7-19(23-15-17)28-14-13-27-2)26-11-9-25(10-12-26)18-5-3-4-8-22-18;/h3-8,15H,9-14,16H2,1-2H3,(H,21,24);1H. The van der Waals surface area contributed by atoms with E-state index < -0.39 is 0 Å². The highest BCUT2D eigenvalue weighted by molar-refractivity contribution is 14.0. The number of anilines is 1. The monoisotopic (exact) mass is 512 g/mol. The van der Waals surface area contributed by atoms with Crippen molar-refractivity contribution in [1.82, 2.24) is 20.2 Å². The lowest BCUT2D eigenvalue weighted by Crippen LogP contribution is -2.52. The first-order valence-electron chi connectivity index (χ1n) is 9.48. The largest absolute Gasteiger partial charge is 0.475 e.